The van der Waals surface area contributed by atoms with Crippen molar-refractivity contribution < 1.29 is 4.39 Å². The summed E-state index contributed by atoms with van der Waals surface area (Å²) in [6.45, 7) is 1.91. The molecule has 4 aromatic rings. The molecule has 26 heavy (non-hydrogen) atoms. The third-order valence-electron chi connectivity index (χ3n) is 4.40. The summed E-state index contributed by atoms with van der Waals surface area (Å²) in [4.78, 5) is 26.1. The fourth-order valence-electron chi connectivity index (χ4n) is 3.06. The first-order valence-electron chi connectivity index (χ1n) is 8.10. The minimum absolute atomic E-state index is 0.0604. The lowest BCUT2D eigenvalue weighted by Gasteiger charge is -2.14. The highest BCUT2D eigenvalue weighted by Crippen LogP contribution is 2.19. The van der Waals surface area contributed by atoms with Gasteiger partial charge >= 0.3 is 5.69 Å². The summed E-state index contributed by atoms with van der Waals surface area (Å²) in [5.74, 6) is -0.378. The van der Waals surface area contributed by atoms with Gasteiger partial charge in [0, 0.05) is 5.56 Å². The zero-order chi connectivity index (χ0) is 18.3. The van der Waals surface area contributed by atoms with Crippen LogP contribution in [0.5, 0.6) is 0 Å². The van der Waals surface area contributed by atoms with Crippen LogP contribution in [-0.2, 0) is 6.54 Å². The van der Waals surface area contributed by atoms with Gasteiger partial charge in [0.2, 0.25) is 0 Å². The van der Waals surface area contributed by atoms with Crippen LogP contribution in [0.25, 0.3) is 15.9 Å². The van der Waals surface area contributed by atoms with Crippen LogP contribution >= 0.6 is 11.3 Å². The van der Waals surface area contributed by atoms with E-state index < -0.39 is 5.69 Å². The van der Waals surface area contributed by atoms with Crippen molar-refractivity contribution in [2.45, 2.75) is 13.5 Å². The molecule has 2 aromatic heterocycles. The largest absolute Gasteiger partial charge is 0.336 e. The Labute approximate surface area is 152 Å². The molecule has 6 heteroatoms. The van der Waals surface area contributed by atoms with Crippen LogP contribution in [-0.4, -0.2) is 9.13 Å². The third-order valence-corrected chi connectivity index (χ3v) is 5.29. The maximum atomic E-state index is 14.1. The molecule has 0 aliphatic carbocycles. The second-order valence-corrected chi connectivity index (χ2v) is 6.94. The van der Waals surface area contributed by atoms with Gasteiger partial charge in [-0.3, -0.25) is 9.36 Å². The van der Waals surface area contributed by atoms with E-state index in [0.29, 0.717) is 21.5 Å². The summed E-state index contributed by atoms with van der Waals surface area (Å²) in [6, 6.07) is 15.3. The number of nitrogens with zero attached hydrogens (tertiary/aromatic N) is 2. The molecule has 0 aliphatic rings. The molecule has 0 saturated carbocycles. The quantitative estimate of drug-likeness (QED) is 0.555. The smallest absolute Gasteiger partial charge is 0.287 e. The summed E-state index contributed by atoms with van der Waals surface area (Å²) in [6.07, 6.45) is 0. The van der Waals surface area contributed by atoms with E-state index in [2.05, 4.69) is 0 Å². The summed E-state index contributed by atoms with van der Waals surface area (Å²) in [7, 11) is 0. The van der Waals surface area contributed by atoms with Gasteiger partial charge in [-0.05, 0) is 36.1 Å². The zero-order valence-electron chi connectivity index (χ0n) is 14.0. The van der Waals surface area contributed by atoms with Crippen LogP contribution in [0.2, 0.25) is 0 Å². The number of hydrogen-bond acceptors (Lipinski definition) is 3. The second-order valence-electron chi connectivity index (χ2n) is 6.02. The first-order chi connectivity index (χ1) is 12.6. The number of benzene rings is 2. The number of thiophene rings is 1. The Kier molecular flexibility index (Phi) is 4.05. The van der Waals surface area contributed by atoms with Crippen molar-refractivity contribution in [3.63, 3.8) is 0 Å². The van der Waals surface area contributed by atoms with Crippen LogP contribution in [0.3, 0.4) is 0 Å². The minimum atomic E-state index is -0.474. The fraction of sp³-hybridized carbons (Fsp3) is 0.100. The second kappa shape index (κ2) is 6.38. The molecule has 0 amide bonds. The average Bonchev–Trinajstić information content (AvgIpc) is 3.12. The summed E-state index contributed by atoms with van der Waals surface area (Å²) >= 11 is 1.28. The summed E-state index contributed by atoms with van der Waals surface area (Å²) in [5, 5.41) is 1.77. The van der Waals surface area contributed by atoms with Gasteiger partial charge in [0.05, 0.1) is 17.7 Å². The van der Waals surface area contributed by atoms with Gasteiger partial charge in [-0.25, -0.2) is 13.8 Å². The van der Waals surface area contributed by atoms with Crippen LogP contribution in [0.4, 0.5) is 4.39 Å². The van der Waals surface area contributed by atoms with Crippen molar-refractivity contribution >= 4 is 21.6 Å². The molecular formula is C20H15FN2O2S. The minimum Gasteiger partial charge on any atom is -0.287 e. The topological polar surface area (TPSA) is 44.0 Å². The van der Waals surface area contributed by atoms with E-state index in [1.54, 1.807) is 41.8 Å². The normalized spacial score (nSPS) is 11.2. The number of hydrogen-bond donors (Lipinski definition) is 0. The molecule has 0 atom stereocenters. The number of para-hydroxylation sites is 1. The van der Waals surface area contributed by atoms with Gasteiger partial charge in [-0.1, -0.05) is 36.4 Å². The van der Waals surface area contributed by atoms with Crippen molar-refractivity contribution in [3.05, 3.63) is 97.8 Å². The molecule has 0 spiro atoms. The lowest BCUT2D eigenvalue weighted by atomic mass is 10.2. The van der Waals surface area contributed by atoms with Gasteiger partial charge in [0.15, 0.2) is 0 Å². The maximum Gasteiger partial charge on any atom is 0.336 e. The molecule has 2 aromatic carbocycles. The van der Waals surface area contributed by atoms with E-state index >= 15 is 0 Å². The van der Waals surface area contributed by atoms with E-state index in [4.69, 9.17) is 0 Å². The van der Waals surface area contributed by atoms with E-state index in [0.717, 1.165) is 5.56 Å². The van der Waals surface area contributed by atoms with Gasteiger partial charge in [0.25, 0.3) is 5.56 Å². The van der Waals surface area contributed by atoms with Crippen molar-refractivity contribution in [2.75, 3.05) is 0 Å². The molecule has 4 nitrogen and oxygen atoms in total. The lowest BCUT2D eigenvalue weighted by Crippen LogP contribution is -2.39. The maximum absolute atomic E-state index is 14.1. The SMILES string of the molecule is Cc1ccccc1-n1c(=O)c2sccc2n(Cc2ccccc2F)c1=O. The van der Waals surface area contributed by atoms with E-state index in [1.807, 2.05) is 19.1 Å². The average molecular weight is 366 g/mol. The molecule has 0 aliphatic heterocycles. The van der Waals surface area contributed by atoms with Gasteiger partial charge in [-0.2, -0.15) is 0 Å². The highest BCUT2D eigenvalue weighted by atomic mass is 32.1. The van der Waals surface area contributed by atoms with Gasteiger partial charge < -0.3 is 0 Å². The Balaban J connectivity index is 2.04. The number of rotatable bonds is 3. The Morgan fingerprint density at radius 1 is 1.00 bits per heavy atom. The van der Waals surface area contributed by atoms with Crippen LogP contribution in [0.15, 0.2) is 69.6 Å². The van der Waals surface area contributed by atoms with Crippen molar-refractivity contribution in [1.29, 1.82) is 0 Å². The zero-order valence-corrected chi connectivity index (χ0v) is 14.8. The molecule has 0 saturated heterocycles. The number of fused-ring (bicyclic) bond motifs is 1. The van der Waals surface area contributed by atoms with Crippen LogP contribution in [0, 0.1) is 12.7 Å². The molecule has 0 fully saturated rings. The van der Waals surface area contributed by atoms with Crippen molar-refractivity contribution in [2.24, 2.45) is 0 Å². The molecule has 0 N–H and O–H groups in total. The number of halogens is 1. The van der Waals surface area contributed by atoms with E-state index in [-0.39, 0.29) is 17.9 Å². The highest BCUT2D eigenvalue weighted by Gasteiger charge is 2.17. The summed E-state index contributed by atoms with van der Waals surface area (Å²) in [5.41, 5.74) is 1.47. The molecular weight excluding hydrogens is 351 g/mol. The standard InChI is InChI=1S/C20H15FN2O2S/c1-13-6-2-5-9-16(13)23-19(24)18-17(10-11-26-18)22(20(23)25)12-14-7-3-4-8-15(14)21/h2-11H,12H2,1H3. The third kappa shape index (κ3) is 2.59. The predicted octanol–water partition coefficient (Wildman–Crippen LogP) is 3.71. The molecule has 2 heterocycles. The van der Waals surface area contributed by atoms with Crippen LogP contribution < -0.4 is 11.2 Å². The number of aryl methyl sites for hydroxylation is 1. The van der Waals surface area contributed by atoms with Crippen LogP contribution in [0.1, 0.15) is 11.1 Å². The molecule has 4 rings (SSSR count). The van der Waals surface area contributed by atoms with Crippen molar-refractivity contribution in [1.82, 2.24) is 9.13 Å². The van der Waals surface area contributed by atoms with Gasteiger partial charge in [0.1, 0.15) is 10.5 Å². The lowest BCUT2D eigenvalue weighted by molar-refractivity contribution is 0.594. The van der Waals surface area contributed by atoms with E-state index in [9.17, 15) is 14.0 Å². The predicted molar refractivity (Wildman–Crippen MR) is 102 cm³/mol. The molecule has 130 valence electrons. The van der Waals surface area contributed by atoms with Gasteiger partial charge in [-0.15, -0.1) is 11.3 Å². The monoisotopic (exact) mass is 366 g/mol. The first kappa shape index (κ1) is 16.5. The Morgan fingerprint density at radius 2 is 1.73 bits per heavy atom. The first-order valence-corrected chi connectivity index (χ1v) is 8.98. The molecule has 0 unspecified atom stereocenters. The van der Waals surface area contributed by atoms with Crippen molar-refractivity contribution in [3.8, 4) is 5.69 Å². The molecule has 0 bridgehead atoms. The fourth-order valence-corrected chi connectivity index (χ4v) is 3.89. The highest BCUT2D eigenvalue weighted by molar-refractivity contribution is 7.17. The Hall–Kier alpha value is -2.99. The Bertz CT molecular complexity index is 1240. The van der Waals surface area contributed by atoms with E-state index in [1.165, 1.54) is 26.5 Å². The number of aromatic nitrogens is 2. The Morgan fingerprint density at radius 3 is 2.50 bits per heavy atom. The molecule has 0 radical (unpaired) electrons. The summed E-state index contributed by atoms with van der Waals surface area (Å²) < 4.78 is 17.2.